The van der Waals surface area contributed by atoms with E-state index in [1.165, 1.54) is 19.3 Å². The van der Waals surface area contributed by atoms with Crippen molar-refractivity contribution in [3.63, 3.8) is 0 Å². The zero-order valence-corrected chi connectivity index (χ0v) is 21.1. The Kier molecular flexibility index (Phi) is 5.95. The van der Waals surface area contributed by atoms with Crippen LogP contribution in [0.1, 0.15) is 61.0 Å². The van der Waals surface area contributed by atoms with Crippen molar-refractivity contribution < 1.29 is 27.5 Å². The number of ether oxygens (including phenoxy) is 1. The minimum Gasteiger partial charge on any atom is -0.403 e. The van der Waals surface area contributed by atoms with E-state index >= 15 is 0 Å². The lowest BCUT2D eigenvalue weighted by atomic mass is 9.82. The van der Waals surface area contributed by atoms with Gasteiger partial charge in [0.25, 0.3) is 5.91 Å². The van der Waals surface area contributed by atoms with E-state index in [9.17, 15) is 22.8 Å². The molecule has 1 saturated carbocycles. The molecule has 0 radical (unpaired) electrons. The Hall–Kier alpha value is -3.57. The fraction of sp³-hybridized carbons (Fsp3) is 0.520. The lowest BCUT2D eigenvalue weighted by Crippen LogP contribution is -2.45. The molecule has 9 nitrogen and oxygen atoms in total. The molecule has 0 spiro atoms. The number of nitrogens with zero attached hydrogens (tertiary/aromatic N) is 4. The van der Waals surface area contributed by atoms with E-state index in [1.807, 2.05) is 13.8 Å². The maximum Gasteiger partial charge on any atom is 0.573 e. The minimum atomic E-state index is -4.95. The number of amides is 2. The largest absolute Gasteiger partial charge is 0.573 e. The summed E-state index contributed by atoms with van der Waals surface area (Å²) in [5, 5.41) is 5.33. The van der Waals surface area contributed by atoms with Gasteiger partial charge in [0, 0.05) is 38.7 Å². The Labute approximate surface area is 212 Å². The number of carbonyl (C=O) groups excluding carboxylic acids is 2. The maximum absolute atomic E-state index is 13.3. The van der Waals surface area contributed by atoms with Crippen LogP contribution in [0.15, 0.2) is 12.3 Å². The van der Waals surface area contributed by atoms with Gasteiger partial charge in [-0.2, -0.15) is 4.98 Å². The summed E-state index contributed by atoms with van der Waals surface area (Å²) in [7, 11) is 3.10. The quantitative estimate of drug-likeness (QED) is 0.524. The smallest absolute Gasteiger partial charge is 0.403 e. The Morgan fingerprint density at radius 2 is 1.95 bits per heavy atom. The van der Waals surface area contributed by atoms with Crippen LogP contribution in [0.25, 0.3) is 0 Å². The maximum atomic E-state index is 13.3. The van der Waals surface area contributed by atoms with Gasteiger partial charge >= 0.3 is 6.36 Å². The monoisotopic (exact) mass is 518 g/mol. The van der Waals surface area contributed by atoms with Crippen LogP contribution in [0.4, 0.5) is 36.3 Å². The summed E-state index contributed by atoms with van der Waals surface area (Å²) in [6.07, 6.45) is 0.864. The van der Waals surface area contributed by atoms with E-state index in [4.69, 9.17) is 4.98 Å². The summed E-state index contributed by atoms with van der Waals surface area (Å²) in [5.74, 6) is -0.378. The van der Waals surface area contributed by atoms with Crippen molar-refractivity contribution in [3.8, 4) is 5.75 Å². The van der Waals surface area contributed by atoms with Crippen LogP contribution in [0.2, 0.25) is 0 Å². The van der Waals surface area contributed by atoms with Gasteiger partial charge in [-0.05, 0) is 38.3 Å². The summed E-state index contributed by atoms with van der Waals surface area (Å²) in [6, 6.07) is 1.66. The fourth-order valence-electron chi connectivity index (χ4n) is 5.55. The molecule has 12 heteroatoms. The van der Waals surface area contributed by atoms with Gasteiger partial charge < -0.3 is 25.2 Å². The fourth-order valence-corrected chi connectivity index (χ4v) is 5.55. The predicted octanol–water partition coefficient (Wildman–Crippen LogP) is 4.13. The molecule has 2 heterocycles. The number of aromatic nitrogens is 2. The van der Waals surface area contributed by atoms with E-state index in [-0.39, 0.29) is 41.1 Å². The topological polar surface area (TPSA) is 99.7 Å². The molecule has 198 valence electrons. The van der Waals surface area contributed by atoms with Crippen LogP contribution in [0.5, 0.6) is 5.75 Å². The molecule has 1 fully saturated rings. The van der Waals surface area contributed by atoms with Gasteiger partial charge in [-0.3, -0.25) is 9.59 Å². The zero-order chi connectivity index (χ0) is 26.7. The van der Waals surface area contributed by atoms with Gasteiger partial charge in [-0.1, -0.05) is 12.8 Å². The second-order valence-corrected chi connectivity index (χ2v) is 10.4. The number of benzene rings is 1. The summed E-state index contributed by atoms with van der Waals surface area (Å²) in [6.45, 7) is 4.26. The van der Waals surface area contributed by atoms with Gasteiger partial charge in [0.1, 0.15) is 5.69 Å². The van der Waals surface area contributed by atoms with Crippen molar-refractivity contribution in [1.82, 2.24) is 15.3 Å². The molecule has 1 aromatic heterocycles. The molecule has 1 aromatic carbocycles. The summed E-state index contributed by atoms with van der Waals surface area (Å²) in [4.78, 5) is 38.1. The molecule has 0 atom stereocenters. The molecule has 4 aliphatic rings. The average molecular weight is 519 g/mol. The lowest BCUT2D eigenvalue weighted by Gasteiger charge is -2.34. The normalized spacial score (nSPS) is 18.7. The van der Waals surface area contributed by atoms with Crippen LogP contribution in [-0.4, -0.2) is 54.8 Å². The molecule has 2 amide bonds. The van der Waals surface area contributed by atoms with Crippen LogP contribution >= 0.6 is 0 Å². The highest BCUT2D eigenvalue weighted by Gasteiger charge is 2.42. The van der Waals surface area contributed by atoms with Crippen molar-refractivity contribution in [2.45, 2.75) is 58.4 Å². The van der Waals surface area contributed by atoms with E-state index in [2.05, 4.69) is 25.3 Å². The molecular weight excluding hydrogens is 489 g/mol. The Morgan fingerprint density at radius 1 is 1.24 bits per heavy atom. The van der Waals surface area contributed by atoms with E-state index in [1.54, 1.807) is 11.9 Å². The molecule has 6 rings (SSSR count). The molecule has 0 unspecified atom stereocenters. The Bertz CT molecular complexity index is 1270. The van der Waals surface area contributed by atoms with E-state index in [0.29, 0.717) is 23.6 Å². The highest BCUT2D eigenvalue weighted by atomic mass is 19.4. The standard InChI is InChI=1S/C25H29F3N6O3/c1-24(2)12-34(14-7-5-6-8-14)20-17(33(4)22(24)36)11-30-23(32-20)31-16-10-13-9-15(18(13)21(35)29-3)19(16)37-25(26,27)28/h10-11,14H,5-9,12H2,1-4H3,(H,29,35)(H,30,31,32). The number of alkyl halides is 3. The van der Waals surface area contributed by atoms with Gasteiger partial charge in [-0.15, -0.1) is 13.2 Å². The Balaban J connectivity index is 1.56. The molecule has 0 saturated heterocycles. The molecule has 3 aliphatic carbocycles. The number of hydrogen-bond acceptors (Lipinski definition) is 7. The number of nitrogens with one attached hydrogen (secondary N) is 2. The van der Waals surface area contributed by atoms with E-state index in [0.717, 1.165) is 25.7 Å². The first-order valence-corrected chi connectivity index (χ1v) is 12.2. The zero-order valence-electron chi connectivity index (χ0n) is 21.1. The molecule has 1 aliphatic heterocycles. The van der Waals surface area contributed by atoms with Gasteiger partial charge in [-0.25, -0.2) is 4.98 Å². The second-order valence-electron chi connectivity index (χ2n) is 10.4. The van der Waals surface area contributed by atoms with Crippen molar-refractivity contribution in [2.75, 3.05) is 35.8 Å². The average Bonchev–Trinajstić information content (AvgIpc) is 3.33. The summed E-state index contributed by atoms with van der Waals surface area (Å²) in [5.41, 5.74) is 0.853. The highest BCUT2D eigenvalue weighted by Crippen LogP contribution is 2.46. The third-order valence-electron chi connectivity index (χ3n) is 7.34. The van der Waals surface area contributed by atoms with Crippen molar-refractivity contribution in [3.05, 3.63) is 29.0 Å². The first-order chi connectivity index (χ1) is 17.4. The van der Waals surface area contributed by atoms with Crippen molar-refractivity contribution in [2.24, 2.45) is 5.41 Å². The molecule has 2 N–H and O–H groups in total. The number of halogens is 3. The first kappa shape index (κ1) is 25.1. The number of rotatable bonds is 5. The van der Waals surface area contributed by atoms with Crippen LogP contribution in [-0.2, 0) is 11.2 Å². The first-order valence-electron chi connectivity index (χ1n) is 12.2. The third-order valence-corrected chi connectivity index (χ3v) is 7.34. The second kappa shape index (κ2) is 8.77. The summed E-state index contributed by atoms with van der Waals surface area (Å²) >= 11 is 0. The highest BCUT2D eigenvalue weighted by molar-refractivity contribution is 6.02. The van der Waals surface area contributed by atoms with Crippen molar-refractivity contribution in [1.29, 1.82) is 0 Å². The van der Waals surface area contributed by atoms with Gasteiger partial charge in [0.2, 0.25) is 11.9 Å². The minimum absolute atomic E-state index is 0.0203. The molecule has 37 heavy (non-hydrogen) atoms. The van der Waals surface area contributed by atoms with Crippen LogP contribution in [0.3, 0.4) is 0 Å². The third kappa shape index (κ3) is 4.42. The lowest BCUT2D eigenvalue weighted by molar-refractivity contribution is -0.274. The molecule has 2 bridgehead atoms. The van der Waals surface area contributed by atoms with Gasteiger partial charge in [0.05, 0.1) is 22.9 Å². The van der Waals surface area contributed by atoms with Crippen LogP contribution < -0.4 is 25.2 Å². The van der Waals surface area contributed by atoms with E-state index < -0.39 is 23.4 Å². The number of fused-ring (bicyclic) bond motifs is 3. The Morgan fingerprint density at radius 3 is 2.59 bits per heavy atom. The molecular formula is C25H29F3N6O3. The number of anilines is 4. The molecule has 2 aromatic rings. The number of carbonyl (C=O) groups is 2. The van der Waals surface area contributed by atoms with Crippen LogP contribution in [0, 0.1) is 5.41 Å². The number of hydrogen-bond donors (Lipinski definition) is 2. The summed E-state index contributed by atoms with van der Waals surface area (Å²) < 4.78 is 44.2. The predicted molar refractivity (Wildman–Crippen MR) is 131 cm³/mol. The van der Waals surface area contributed by atoms with Gasteiger partial charge in [0.15, 0.2) is 11.6 Å². The SMILES string of the molecule is CNC(=O)c1c2cc(Nc3ncc4c(n3)N(C3CCCC3)CC(C)(C)C(=O)N4C)c(OC(F)(F)F)c1C2. The van der Waals surface area contributed by atoms with Crippen molar-refractivity contribution >= 4 is 35.0 Å².